The van der Waals surface area contributed by atoms with Crippen molar-refractivity contribution < 1.29 is 23.9 Å². The Balaban J connectivity index is 1.95. The van der Waals surface area contributed by atoms with Gasteiger partial charge in [-0.05, 0) is 25.3 Å². The van der Waals surface area contributed by atoms with E-state index in [1.54, 1.807) is 6.08 Å². The van der Waals surface area contributed by atoms with E-state index in [0.717, 1.165) is 29.4 Å². The number of ether oxygens (including phenoxy) is 2. The smallest absolute Gasteiger partial charge is 0.277 e. The lowest BCUT2D eigenvalue weighted by molar-refractivity contribution is -0.147. The lowest BCUT2D eigenvalue weighted by Crippen LogP contribution is -2.53. The summed E-state index contributed by atoms with van der Waals surface area (Å²) in [5.41, 5.74) is 1.46. The highest BCUT2D eigenvalue weighted by atomic mass is 16.5. The number of nitrogens with zero attached hydrogens (tertiary/aromatic N) is 2. The van der Waals surface area contributed by atoms with E-state index in [1.807, 2.05) is 20.8 Å². The molecule has 0 saturated carbocycles. The third-order valence-electron chi connectivity index (χ3n) is 5.97. The van der Waals surface area contributed by atoms with E-state index in [0.29, 0.717) is 25.5 Å². The molecule has 10 heteroatoms. The molecule has 3 amide bonds. The van der Waals surface area contributed by atoms with Crippen LogP contribution in [0.15, 0.2) is 5.70 Å². The Bertz CT molecular complexity index is 909. The minimum Gasteiger partial charge on any atom is -0.380 e. The Kier molecular flexibility index (Phi) is 8.39. The number of imide groups is 1. The van der Waals surface area contributed by atoms with Gasteiger partial charge in [-0.2, -0.15) is 0 Å². The molecule has 2 aliphatic rings. The summed E-state index contributed by atoms with van der Waals surface area (Å²) in [7, 11) is 0. The van der Waals surface area contributed by atoms with Crippen molar-refractivity contribution in [1.29, 1.82) is 0 Å². The first kappa shape index (κ1) is 25.1. The molecule has 2 aliphatic heterocycles. The Labute approximate surface area is 194 Å². The molecular formula is C23H35N5O5. The molecular weight excluding hydrogens is 426 g/mol. The molecule has 33 heavy (non-hydrogen) atoms. The second-order valence-electron chi connectivity index (χ2n) is 8.66. The zero-order valence-corrected chi connectivity index (χ0v) is 20.1. The van der Waals surface area contributed by atoms with Gasteiger partial charge in [0.25, 0.3) is 5.91 Å². The van der Waals surface area contributed by atoms with Crippen LogP contribution in [0.5, 0.6) is 0 Å². The minimum atomic E-state index is -0.537. The molecule has 0 aliphatic carbocycles. The van der Waals surface area contributed by atoms with Crippen LogP contribution >= 0.6 is 0 Å². The van der Waals surface area contributed by atoms with Gasteiger partial charge in [-0.25, -0.2) is 4.98 Å². The molecule has 0 radical (unpaired) electrons. The van der Waals surface area contributed by atoms with Crippen molar-refractivity contribution >= 4 is 23.8 Å². The van der Waals surface area contributed by atoms with Gasteiger partial charge in [-0.15, -0.1) is 0 Å². The van der Waals surface area contributed by atoms with E-state index >= 15 is 0 Å². The number of aromatic nitrogens is 2. The van der Waals surface area contributed by atoms with Crippen molar-refractivity contribution in [3.05, 3.63) is 22.9 Å². The van der Waals surface area contributed by atoms with Crippen molar-refractivity contribution in [1.82, 2.24) is 25.5 Å². The van der Waals surface area contributed by atoms with Crippen LogP contribution in [0.2, 0.25) is 0 Å². The molecule has 0 spiro atoms. The molecule has 1 aromatic heterocycles. The van der Waals surface area contributed by atoms with E-state index < -0.39 is 17.7 Å². The van der Waals surface area contributed by atoms with E-state index in [9.17, 15) is 14.4 Å². The summed E-state index contributed by atoms with van der Waals surface area (Å²) in [5, 5.41) is 6.08. The molecule has 3 rings (SSSR count). The molecule has 2 fully saturated rings. The highest BCUT2D eigenvalue weighted by Gasteiger charge is 2.36. The Morgan fingerprint density at radius 2 is 2.09 bits per heavy atom. The fourth-order valence-corrected chi connectivity index (χ4v) is 4.29. The number of carbonyl (C=O) groups is 3. The predicted molar refractivity (Wildman–Crippen MR) is 122 cm³/mol. The summed E-state index contributed by atoms with van der Waals surface area (Å²) < 4.78 is 11.8. The highest BCUT2D eigenvalue weighted by Crippen LogP contribution is 2.30. The van der Waals surface area contributed by atoms with Crippen LogP contribution in [0.4, 0.5) is 0 Å². The van der Waals surface area contributed by atoms with Crippen LogP contribution in [0.1, 0.15) is 70.1 Å². The van der Waals surface area contributed by atoms with E-state index in [1.165, 1.54) is 6.92 Å². The monoisotopic (exact) mass is 461 g/mol. The number of aromatic amines is 1. The first-order valence-electron chi connectivity index (χ1n) is 11.6. The SMILES string of the molecule is CCOCC1NCCOC1C(CC)c1nc(/C=C2\NC(=O)CN(C(C)=O)C2=O)c(C(C)C)[nH]1. The van der Waals surface area contributed by atoms with Crippen LogP contribution in [-0.2, 0) is 23.9 Å². The quantitative estimate of drug-likeness (QED) is 0.498. The Morgan fingerprint density at radius 1 is 1.33 bits per heavy atom. The molecule has 3 unspecified atom stereocenters. The van der Waals surface area contributed by atoms with Gasteiger partial charge in [0.1, 0.15) is 18.1 Å². The lowest BCUT2D eigenvalue weighted by Gasteiger charge is -2.36. The number of piperazine rings is 1. The highest BCUT2D eigenvalue weighted by molar-refractivity contribution is 6.12. The molecule has 182 valence electrons. The maximum atomic E-state index is 12.7. The summed E-state index contributed by atoms with van der Waals surface area (Å²) in [5.74, 6) is -0.575. The summed E-state index contributed by atoms with van der Waals surface area (Å²) >= 11 is 0. The van der Waals surface area contributed by atoms with Crippen molar-refractivity contribution in [3.8, 4) is 0 Å². The number of hydrogen-bond acceptors (Lipinski definition) is 7. The van der Waals surface area contributed by atoms with E-state index in [2.05, 4.69) is 22.5 Å². The second kappa shape index (κ2) is 11.0. The van der Waals surface area contributed by atoms with Gasteiger partial charge in [0.15, 0.2) is 0 Å². The summed E-state index contributed by atoms with van der Waals surface area (Å²) in [6.45, 7) is 11.7. The maximum Gasteiger partial charge on any atom is 0.277 e. The second-order valence-corrected chi connectivity index (χ2v) is 8.66. The van der Waals surface area contributed by atoms with Crippen molar-refractivity contribution in [3.63, 3.8) is 0 Å². The van der Waals surface area contributed by atoms with Gasteiger partial charge >= 0.3 is 0 Å². The molecule has 3 atom stereocenters. The third kappa shape index (κ3) is 5.69. The van der Waals surface area contributed by atoms with E-state index in [4.69, 9.17) is 14.5 Å². The summed E-state index contributed by atoms with van der Waals surface area (Å²) in [6, 6.07) is 0.0430. The number of amides is 3. The van der Waals surface area contributed by atoms with Crippen LogP contribution in [0, 0.1) is 0 Å². The van der Waals surface area contributed by atoms with Crippen LogP contribution in [0.3, 0.4) is 0 Å². The zero-order chi connectivity index (χ0) is 24.1. The molecule has 1 aromatic rings. The van der Waals surface area contributed by atoms with Gasteiger partial charge in [0.05, 0.1) is 31.1 Å². The number of nitrogens with one attached hydrogen (secondary N) is 3. The van der Waals surface area contributed by atoms with Gasteiger partial charge in [0.2, 0.25) is 11.8 Å². The third-order valence-corrected chi connectivity index (χ3v) is 5.97. The minimum absolute atomic E-state index is 0.0155. The van der Waals surface area contributed by atoms with Gasteiger partial charge in [0, 0.05) is 31.7 Å². The van der Waals surface area contributed by atoms with Gasteiger partial charge in [-0.1, -0.05) is 20.8 Å². The predicted octanol–water partition coefficient (Wildman–Crippen LogP) is 1.27. The fraction of sp³-hybridized carbons (Fsp3) is 0.652. The van der Waals surface area contributed by atoms with E-state index in [-0.39, 0.29) is 36.2 Å². The number of hydrogen-bond donors (Lipinski definition) is 3. The number of morpholine rings is 1. The largest absolute Gasteiger partial charge is 0.380 e. The number of H-pyrrole nitrogens is 1. The van der Waals surface area contributed by atoms with Crippen molar-refractivity contribution in [2.24, 2.45) is 0 Å². The summed E-state index contributed by atoms with van der Waals surface area (Å²) in [4.78, 5) is 45.8. The van der Waals surface area contributed by atoms with Crippen LogP contribution in [-0.4, -0.2) is 77.6 Å². The van der Waals surface area contributed by atoms with Crippen molar-refractivity contribution in [2.75, 3.05) is 32.9 Å². The molecule has 0 bridgehead atoms. The zero-order valence-electron chi connectivity index (χ0n) is 20.1. The summed E-state index contributed by atoms with van der Waals surface area (Å²) in [6.07, 6.45) is 2.23. The van der Waals surface area contributed by atoms with Crippen molar-refractivity contribution in [2.45, 2.75) is 65.0 Å². The van der Waals surface area contributed by atoms with Crippen LogP contribution < -0.4 is 10.6 Å². The lowest BCUT2D eigenvalue weighted by atomic mass is 9.92. The average Bonchev–Trinajstić information content (AvgIpc) is 3.19. The Morgan fingerprint density at radius 3 is 2.73 bits per heavy atom. The molecule has 0 aromatic carbocycles. The number of rotatable bonds is 8. The van der Waals surface area contributed by atoms with Crippen LogP contribution in [0.25, 0.3) is 6.08 Å². The normalized spacial score (nSPS) is 23.8. The number of carbonyl (C=O) groups excluding carboxylic acids is 3. The molecule has 3 heterocycles. The standard InChI is InChI=1S/C23H35N5O5/c1-6-15(21-18(12-32-7-2)24-8-9-33-21)22-26-16(20(27-22)13(3)4)10-17-23(31)28(14(5)29)11-19(30)25-17/h10,13,15,18,21,24H,6-9,11-12H2,1-5H3,(H,25,30)(H,26,27)/b17-10-. The Hall–Kier alpha value is -2.56. The molecule has 2 saturated heterocycles. The van der Waals surface area contributed by atoms with Gasteiger partial charge in [-0.3, -0.25) is 19.3 Å². The number of imidazole rings is 1. The average molecular weight is 462 g/mol. The fourth-order valence-electron chi connectivity index (χ4n) is 4.29. The van der Waals surface area contributed by atoms with Gasteiger partial charge < -0.3 is 25.1 Å². The molecule has 10 nitrogen and oxygen atoms in total. The first-order chi connectivity index (χ1) is 15.8. The topological polar surface area (TPSA) is 126 Å². The molecule has 3 N–H and O–H groups in total. The maximum absolute atomic E-state index is 12.7. The first-order valence-corrected chi connectivity index (χ1v) is 11.6.